The molecule has 2 amide bonds. The topological polar surface area (TPSA) is 98.6 Å². The molecule has 0 spiro atoms. The highest BCUT2D eigenvalue weighted by atomic mass is 32.2. The molecule has 1 aromatic carbocycles. The van der Waals surface area contributed by atoms with Crippen LogP contribution in [0.4, 0.5) is 5.69 Å². The highest BCUT2D eigenvalue weighted by Crippen LogP contribution is 2.18. The van der Waals surface area contributed by atoms with Gasteiger partial charge in [0.05, 0.1) is 32.5 Å². The third kappa shape index (κ3) is 5.23. The molecule has 1 fully saturated rings. The normalized spacial score (nSPS) is 14.0. The number of morpholine rings is 1. The van der Waals surface area contributed by atoms with Crippen LogP contribution < -0.4 is 10.1 Å². The number of methoxy groups -OCH3 is 1. The van der Waals surface area contributed by atoms with Crippen molar-refractivity contribution in [1.29, 1.82) is 0 Å². The van der Waals surface area contributed by atoms with Crippen molar-refractivity contribution in [1.82, 2.24) is 19.7 Å². The lowest BCUT2D eigenvalue weighted by molar-refractivity contribution is -0.132. The lowest BCUT2D eigenvalue weighted by Gasteiger charge is -2.26. The molecule has 9 nitrogen and oxygen atoms in total. The highest BCUT2D eigenvalue weighted by Gasteiger charge is 2.19. The van der Waals surface area contributed by atoms with E-state index in [2.05, 4.69) is 15.5 Å². The first-order valence-corrected chi connectivity index (χ1v) is 9.86. The van der Waals surface area contributed by atoms with Crippen LogP contribution in [0.3, 0.4) is 0 Å². The van der Waals surface area contributed by atoms with Crippen LogP contribution in [0.25, 0.3) is 0 Å². The van der Waals surface area contributed by atoms with E-state index in [0.29, 0.717) is 43.0 Å². The van der Waals surface area contributed by atoms with Crippen molar-refractivity contribution in [3.8, 4) is 5.75 Å². The number of rotatable bonds is 7. The molecular weight excluding hydrogens is 382 g/mol. The van der Waals surface area contributed by atoms with E-state index in [4.69, 9.17) is 9.47 Å². The van der Waals surface area contributed by atoms with Crippen LogP contribution in [0.2, 0.25) is 0 Å². The van der Waals surface area contributed by atoms with Gasteiger partial charge in [-0.1, -0.05) is 11.8 Å². The van der Waals surface area contributed by atoms with Crippen molar-refractivity contribution in [3.05, 3.63) is 30.1 Å². The molecule has 0 atom stereocenters. The second-order valence-electron chi connectivity index (χ2n) is 6.19. The summed E-state index contributed by atoms with van der Waals surface area (Å²) in [6.07, 6.45) is 0.0908. The zero-order valence-electron chi connectivity index (χ0n) is 15.9. The molecule has 1 N–H and O–H groups in total. The third-order valence-corrected chi connectivity index (χ3v) is 5.31. The van der Waals surface area contributed by atoms with Crippen molar-refractivity contribution < 1.29 is 19.1 Å². The summed E-state index contributed by atoms with van der Waals surface area (Å²) in [5.41, 5.74) is 0.679. The molecule has 1 aliphatic heterocycles. The van der Waals surface area contributed by atoms with Crippen LogP contribution in [0, 0.1) is 0 Å². The van der Waals surface area contributed by atoms with E-state index in [-0.39, 0.29) is 24.0 Å². The predicted molar refractivity (Wildman–Crippen MR) is 104 cm³/mol. The summed E-state index contributed by atoms with van der Waals surface area (Å²) in [4.78, 5) is 26.3. The molecular formula is C18H23N5O4S. The summed E-state index contributed by atoms with van der Waals surface area (Å²) in [5.74, 6) is 1.40. The predicted octanol–water partition coefficient (Wildman–Crippen LogP) is 0.956. The number of anilines is 1. The summed E-state index contributed by atoms with van der Waals surface area (Å²) >= 11 is 1.32. The molecule has 10 heteroatoms. The van der Waals surface area contributed by atoms with E-state index in [1.165, 1.54) is 11.8 Å². The Bertz CT molecular complexity index is 818. The molecule has 1 saturated heterocycles. The average molecular weight is 405 g/mol. The third-order valence-electron chi connectivity index (χ3n) is 4.31. The van der Waals surface area contributed by atoms with Crippen LogP contribution in [-0.2, 0) is 27.8 Å². The fraction of sp³-hybridized carbons (Fsp3) is 0.444. The number of carbonyl (C=O) groups is 2. The summed E-state index contributed by atoms with van der Waals surface area (Å²) < 4.78 is 12.1. The van der Waals surface area contributed by atoms with E-state index in [0.717, 1.165) is 5.75 Å². The molecule has 1 aliphatic rings. The summed E-state index contributed by atoms with van der Waals surface area (Å²) in [6, 6.07) is 7.09. The quantitative estimate of drug-likeness (QED) is 0.685. The molecule has 0 saturated carbocycles. The number of benzene rings is 1. The van der Waals surface area contributed by atoms with Gasteiger partial charge in [0.25, 0.3) is 0 Å². The van der Waals surface area contributed by atoms with E-state index in [1.54, 1.807) is 47.9 Å². The largest absolute Gasteiger partial charge is 0.497 e. The molecule has 2 aromatic rings. The second-order valence-corrected chi connectivity index (χ2v) is 7.14. The number of nitrogens with one attached hydrogen (secondary N) is 1. The van der Waals surface area contributed by atoms with Crippen LogP contribution in [0.5, 0.6) is 5.75 Å². The van der Waals surface area contributed by atoms with Gasteiger partial charge in [-0.3, -0.25) is 9.59 Å². The van der Waals surface area contributed by atoms with E-state index in [1.807, 2.05) is 0 Å². The number of nitrogens with zero attached hydrogens (tertiary/aromatic N) is 4. The number of hydrogen-bond acceptors (Lipinski definition) is 7. The molecule has 0 radical (unpaired) electrons. The second kappa shape index (κ2) is 9.56. The molecule has 0 bridgehead atoms. The van der Waals surface area contributed by atoms with Crippen LogP contribution in [0.1, 0.15) is 5.82 Å². The Morgan fingerprint density at radius 2 is 1.93 bits per heavy atom. The standard InChI is InChI=1S/C18H23N5O4S/c1-22-15(11-16(24)19-13-3-5-14(26-2)6-4-13)20-21-18(22)28-12-17(25)23-7-9-27-10-8-23/h3-6H,7-12H2,1-2H3,(H,19,24). The monoisotopic (exact) mass is 405 g/mol. The Morgan fingerprint density at radius 1 is 1.21 bits per heavy atom. The van der Waals surface area contributed by atoms with E-state index >= 15 is 0 Å². The van der Waals surface area contributed by atoms with Crippen molar-refractivity contribution >= 4 is 29.3 Å². The van der Waals surface area contributed by atoms with Crippen molar-refractivity contribution in [2.75, 3.05) is 44.5 Å². The van der Waals surface area contributed by atoms with Crippen molar-refractivity contribution in [2.24, 2.45) is 7.05 Å². The number of amides is 2. The Morgan fingerprint density at radius 3 is 2.61 bits per heavy atom. The summed E-state index contributed by atoms with van der Waals surface area (Å²) in [7, 11) is 3.38. The highest BCUT2D eigenvalue weighted by molar-refractivity contribution is 7.99. The van der Waals surface area contributed by atoms with Gasteiger partial charge in [-0.05, 0) is 24.3 Å². The molecule has 0 aliphatic carbocycles. The SMILES string of the molecule is COc1ccc(NC(=O)Cc2nnc(SCC(=O)N3CCOCC3)n2C)cc1. The van der Waals surface area contributed by atoms with Crippen molar-refractivity contribution in [3.63, 3.8) is 0 Å². The smallest absolute Gasteiger partial charge is 0.233 e. The van der Waals surface area contributed by atoms with Gasteiger partial charge >= 0.3 is 0 Å². The summed E-state index contributed by atoms with van der Waals surface area (Å²) in [6.45, 7) is 2.39. The first-order valence-electron chi connectivity index (χ1n) is 8.87. The van der Waals surface area contributed by atoms with Gasteiger partial charge in [-0.2, -0.15) is 0 Å². The van der Waals surface area contributed by atoms with Crippen LogP contribution in [0.15, 0.2) is 29.4 Å². The Hall–Kier alpha value is -2.59. The maximum Gasteiger partial charge on any atom is 0.233 e. The van der Waals surface area contributed by atoms with Crippen molar-refractivity contribution in [2.45, 2.75) is 11.6 Å². The van der Waals surface area contributed by atoms with E-state index < -0.39 is 0 Å². The molecule has 1 aromatic heterocycles. The Labute approximate surface area is 167 Å². The first kappa shape index (κ1) is 20.2. The number of thioether (sulfide) groups is 1. The Balaban J connectivity index is 1.51. The van der Waals surface area contributed by atoms with Gasteiger partial charge in [-0.15, -0.1) is 10.2 Å². The molecule has 3 rings (SSSR count). The van der Waals surface area contributed by atoms with Gasteiger partial charge in [-0.25, -0.2) is 0 Å². The first-order chi connectivity index (χ1) is 13.6. The number of aromatic nitrogens is 3. The Kier molecular flexibility index (Phi) is 6.88. The van der Waals surface area contributed by atoms with Crippen LogP contribution >= 0.6 is 11.8 Å². The minimum Gasteiger partial charge on any atom is -0.497 e. The molecule has 2 heterocycles. The minimum atomic E-state index is -0.193. The molecule has 28 heavy (non-hydrogen) atoms. The minimum absolute atomic E-state index is 0.0510. The lowest BCUT2D eigenvalue weighted by atomic mass is 10.3. The molecule has 0 unspecified atom stereocenters. The maximum absolute atomic E-state index is 12.3. The van der Waals surface area contributed by atoms with Gasteiger partial charge in [0.2, 0.25) is 11.8 Å². The number of hydrogen-bond donors (Lipinski definition) is 1. The van der Waals surface area contributed by atoms with E-state index in [9.17, 15) is 9.59 Å². The zero-order chi connectivity index (χ0) is 19.9. The molecule has 150 valence electrons. The zero-order valence-corrected chi connectivity index (χ0v) is 16.7. The van der Waals surface area contributed by atoms with Gasteiger partial charge in [0.15, 0.2) is 5.16 Å². The summed E-state index contributed by atoms with van der Waals surface area (Å²) in [5, 5.41) is 11.6. The number of carbonyl (C=O) groups excluding carboxylic acids is 2. The van der Waals surface area contributed by atoms with Crippen LogP contribution in [-0.4, -0.2) is 70.6 Å². The van der Waals surface area contributed by atoms with Gasteiger partial charge < -0.3 is 24.3 Å². The maximum atomic E-state index is 12.3. The lowest BCUT2D eigenvalue weighted by Crippen LogP contribution is -2.41. The number of ether oxygens (including phenoxy) is 2. The fourth-order valence-electron chi connectivity index (χ4n) is 2.68. The fourth-order valence-corrected chi connectivity index (χ4v) is 3.51. The van der Waals surface area contributed by atoms with Gasteiger partial charge in [0, 0.05) is 25.8 Å². The van der Waals surface area contributed by atoms with Gasteiger partial charge in [0.1, 0.15) is 11.6 Å². The average Bonchev–Trinajstić information content (AvgIpc) is 3.06.